The molecule has 1 aliphatic rings. The van der Waals surface area contributed by atoms with Crippen molar-refractivity contribution in [1.29, 1.82) is 0 Å². The minimum absolute atomic E-state index is 0.00260. The van der Waals surface area contributed by atoms with E-state index in [1.165, 1.54) is 6.07 Å². The molecule has 17 heavy (non-hydrogen) atoms. The smallest absolute Gasteiger partial charge is 0.227 e. The zero-order valence-corrected chi connectivity index (χ0v) is 10.3. The second-order valence-corrected chi connectivity index (χ2v) is 4.66. The summed E-state index contributed by atoms with van der Waals surface area (Å²) in [5, 5.41) is 0.270. The van der Waals surface area contributed by atoms with E-state index in [-0.39, 0.29) is 22.7 Å². The van der Waals surface area contributed by atoms with Gasteiger partial charge in [0.25, 0.3) is 0 Å². The summed E-state index contributed by atoms with van der Waals surface area (Å²) >= 11 is 5.98. The Labute approximate surface area is 105 Å². The molecule has 0 radical (unpaired) electrons. The summed E-state index contributed by atoms with van der Waals surface area (Å²) in [5.74, 6) is -0.211. The van der Waals surface area contributed by atoms with Crippen LogP contribution in [0, 0.1) is 18.7 Å². The van der Waals surface area contributed by atoms with Crippen molar-refractivity contribution in [3.63, 3.8) is 0 Å². The summed E-state index contributed by atoms with van der Waals surface area (Å²) in [4.78, 5) is 13.4. The Kier molecular flexibility index (Phi) is 3.20. The first-order valence-electron chi connectivity index (χ1n) is 5.41. The number of halogens is 2. The van der Waals surface area contributed by atoms with Gasteiger partial charge in [-0.3, -0.25) is 4.79 Å². The maximum absolute atomic E-state index is 13.3. The highest BCUT2D eigenvalue weighted by Gasteiger charge is 2.30. The standard InChI is InChI=1S/C13H13ClFNO/c1-3-9-5-13(17)16(7-9)12-4-8(2)11(15)6-10(12)14/h3-4,6,9H,1,5,7H2,2H3. The summed E-state index contributed by atoms with van der Waals surface area (Å²) in [6, 6.07) is 2.86. The summed E-state index contributed by atoms with van der Waals surface area (Å²) in [5.41, 5.74) is 1.07. The molecule has 1 aliphatic heterocycles. The molecule has 1 aromatic carbocycles. The van der Waals surface area contributed by atoms with Crippen LogP contribution in [0.1, 0.15) is 12.0 Å². The molecule has 1 fully saturated rings. The molecule has 2 rings (SSSR count). The fourth-order valence-electron chi connectivity index (χ4n) is 1.97. The molecule has 1 heterocycles. The van der Waals surface area contributed by atoms with Gasteiger partial charge >= 0.3 is 0 Å². The molecule has 0 saturated carbocycles. The molecule has 0 N–H and O–H groups in total. The zero-order chi connectivity index (χ0) is 12.6. The van der Waals surface area contributed by atoms with Crippen molar-refractivity contribution >= 4 is 23.2 Å². The van der Waals surface area contributed by atoms with Gasteiger partial charge in [-0.15, -0.1) is 6.58 Å². The predicted molar refractivity (Wildman–Crippen MR) is 66.8 cm³/mol. The first-order valence-corrected chi connectivity index (χ1v) is 5.79. The van der Waals surface area contributed by atoms with E-state index in [1.54, 1.807) is 24.0 Å². The van der Waals surface area contributed by atoms with Crippen LogP contribution in [0.2, 0.25) is 5.02 Å². The molecular formula is C13H13ClFNO. The van der Waals surface area contributed by atoms with Crippen LogP contribution in [-0.2, 0) is 4.79 Å². The highest BCUT2D eigenvalue weighted by atomic mass is 35.5. The summed E-state index contributed by atoms with van der Waals surface area (Å²) in [7, 11) is 0. The van der Waals surface area contributed by atoms with Crippen molar-refractivity contribution in [3.8, 4) is 0 Å². The first kappa shape index (κ1) is 12.1. The molecule has 1 amide bonds. The monoisotopic (exact) mass is 253 g/mol. The second kappa shape index (κ2) is 4.49. The van der Waals surface area contributed by atoms with Crippen molar-refractivity contribution < 1.29 is 9.18 Å². The molecule has 1 unspecified atom stereocenters. The van der Waals surface area contributed by atoms with E-state index in [9.17, 15) is 9.18 Å². The van der Waals surface area contributed by atoms with E-state index in [0.29, 0.717) is 24.2 Å². The van der Waals surface area contributed by atoms with Crippen LogP contribution >= 0.6 is 11.6 Å². The average Bonchev–Trinajstić information content (AvgIpc) is 2.65. The lowest BCUT2D eigenvalue weighted by Crippen LogP contribution is -2.24. The van der Waals surface area contributed by atoms with E-state index in [1.807, 2.05) is 0 Å². The Balaban J connectivity index is 2.38. The number of anilines is 1. The number of carbonyl (C=O) groups is 1. The molecule has 0 aromatic heterocycles. The quantitative estimate of drug-likeness (QED) is 0.741. The van der Waals surface area contributed by atoms with E-state index in [4.69, 9.17) is 11.6 Å². The Hall–Kier alpha value is -1.35. The Morgan fingerprint density at radius 3 is 2.88 bits per heavy atom. The van der Waals surface area contributed by atoms with Crippen molar-refractivity contribution in [1.82, 2.24) is 0 Å². The van der Waals surface area contributed by atoms with Gasteiger partial charge in [0.05, 0.1) is 10.7 Å². The van der Waals surface area contributed by atoms with Crippen LogP contribution in [0.4, 0.5) is 10.1 Å². The van der Waals surface area contributed by atoms with E-state index >= 15 is 0 Å². The maximum atomic E-state index is 13.3. The Morgan fingerprint density at radius 1 is 1.59 bits per heavy atom. The fraction of sp³-hybridized carbons (Fsp3) is 0.308. The van der Waals surface area contributed by atoms with Gasteiger partial charge in [-0.25, -0.2) is 4.39 Å². The van der Waals surface area contributed by atoms with Gasteiger partial charge in [0.1, 0.15) is 5.82 Å². The van der Waals surface area contributed by atoms with Crippen molar-refractivity contribution in [3.05, 3.63) is 41.2 Å². The Bertz CT molecular complexity index is 487. The molecule has 1 aromatic rings. The number of hydrogen-bond donors (Lipinski definition) is 0. The van der Waals surface area contributed by atoms with Crippen molar-refractivity contribution in [2.75, 3.05) is 11.4 Å². The van der Waals surface area contributed by atoms with Crippen LogP contribution in [0.5, 0.6) is 0 Å². The molecule has 2 nitrogen and oxygen atoms in total. The van der Waals surface area contributed by atoms with Gasteiger partial charge in [-0.2, -0.15) is 0 Å². The van der Waals surface area contributed by atoms with Gasteiger partial charge in [0.15, 0.2) is 0 Å². The number of benzene rings is 1. The van der Waals surface area contributed by atoms with Crippen LogP contribution in [0.3, 0.4) is 0 Å². The van der Waals surface area contributed by atoms with Crippen LogP contribution in [0.25, 0.3) is 0 Å². The maximum Gasteiger partial charge on any atom is 0.227 e. The molecule has 1 saturated heterocycles. The third kappa shape index (κ3) is 2.20. The minimum Gasteiger partial charge on any atom is -0.310 e. The summed E-state index contributed by atoms with van der Waals surface area (Å²) in [6.07, 6.45) is 2.21. The van der Waals surface area contributed by atoms with Crippen LogP contribution in [-0.4, -0.2) is 12.5 Å². The summed E-state index contributed by atoms with van der Waals surface area (Å²) in [6.45, 7) is 5.90. The van der Waals surface area contributed by atoms with Crippen LogP contribution < -0.4 is 4.90 Å². The second-order valence-electron chi connectivity index (χ2n) is 4.26. The van der Waals surface area contributed by atoms with Crippen LogP contribution in [0.15, 0.2) is 24.8 Å². The van der Waals surface area contributed by atoms with Crippen molar-refractivity contribution in [2.24, 2.45) is 5.92 Å². The van der Waals surface area contributed by atoms with E-state index in [0.717, 1.165) is 0 Å². The van der Waals surface area contributed by atoms with E-state index < -0.39 is 0 Å². The molecule has 90 valence electrons. The zero-order valence-electron chi connectivity index (χ0n) is 9.54. The Morgan fingerprint density at radius 2 is 2.29 bits per heavy atom. The van der Waals surface area contributed by atoms with E-state index in [2.05, 4.69) is 6.58 Å². The van der Waals surface area contributed by atoms with Crippen molar-refractivity contribution in [2.45, 2.75) is 13.3 Å². The molecular weight excluding hydrogens is 241 g/mol. The SMILES string of the molecule is C=CC1CC(=O)N(c2cc(C)c(F)cc2Cl)C1. The number of carbonyl (C=O) groups excluding carboxylic acids is 1. The molecule has 0 bridgehead atoms. The number of amides is 1. The highest BCUT2D eigenvalue weighted by molar-refractivity contribution is 6.33. The average molecular weight is 254 g/mol. The lowest BCUT2D eigenvalue weighted by molar-refractivity contribution is -0.117. The third-order valence-corrected chi connectivity index (χ3v) is 3.31. The highest BCUT2D eigenvalue weighted by Crippen LogP contribution is 2.33. The topological polar surface area (TPSA) is 20.3 Å². The number of aryl methyl sites for hydroxylation is 1. The molecule has 4 heteroatoms. The lowest BCUT2D eigenvalue weighted by atomic mass is 10.1. The minimum atomic E-state index is -0.356. The van der Waals surface area contributed by atoms with Gasteiger partial charge in [-0.1, -0.05) is 17.7 Å². The predicted octanol–water partition coefficient (Wildman–Crippen LogP) is 3.33. The van der Waals surface area contributed by atoms with Gasteiger partial charge < -0.3 is 4.90 Å². The number of rotatable bonds is 2. The normalized spacial score (nSPS) is 19.8. The van der Waals surface area contributed by atoms with Gasteiger partial charge in [0, 0.05) is 18.9 Å². The third-order valence-electron chi connectivity index (χ3n) is 3.01. The van der Waals surface area contributed by atoms with Gasteiger partial charge in [-0.05, 0) is 24.6 Å². The van der Waals surface area contributed by atoms with Gasteiger partial charge in [0.2, 0.25) is 5.91 Å². The fourth-order valence-corrected chi connectivity index (χ4v) is 2.23. The largest absolute Gasteiger partial charge is 0.310 e. The first-order chi connectivity index (χ1) is 8.02. The summed E-state index contributed by atoms with van der Waals surface area (Å²) < 4.78 is 13.3. The number of hydrogen-bond acceptors (Lipinski definition) is 1. The molecule has 0 aliphatic carbocycles. The molecule has 0 spiro atoms. The number of nitrogens with zero attached hydrogens (tertiary/aromatic N) is 1. The molecule has 1 atom stereocenters. The lowest BCUT2D eigenvalue weighted by Gasteiger charge is -2.18.